The van der Waals surface area contributed by atoms with Gasteiger partial charge in [-0.2, -0.15) is 0 Å². The van der Waals surface area contributed by atoms with Crippen LogP contribution in [0, 0.1) is 5.82 Å². The van der Waals surface area contributed by atoms with E-state index in [1.54, 1.807) is 0 Å². The summed E-state index contributed by atoms with van der Waals surface area (Å²) in [5.74, 6) is -0.0536. The van der Waals surface area contributed by atoms with Gasteiger partial charge in [0.15, 0.2) is 5.82 Å². The Morgan fingerprint density at radius 2 is 1.94 bits per heavy atom. The highest BCUT2D eigenvalue weighted by Crippen LogP contribution is 2.09. The molecule has 0 aliphatic rings. The molecule has 0 atom stereocenters. The molecule has 2 amide bonds. The van der Waals surface area contributed by atoms with Crippen LogP contribution in [0.4, 0.5) is 20.7 Å². The summed E-state index contributed by atoms with van der Waals surface area (Å²) in [6.45, 7) is 0. The molecule has 5 nitrogen and oxygen atoms in total. The van der Waals surface area contributed by atoms with Crippen LogP contribution < -0.4 is 10.6 Å². The minimum atomic E-state index is -0.472. The van der Waals surface area contributed by atoms with E-state index in [1.165, 1.54) is 36.6 Å². The predicted molar refractivity (Wildman–Crippen MR) is 55.5 cm³/mol. The molecule has 0 saturated heterocycles. The van der Waals surface area contributed by atoms with Crippen molar-refractivity contribution in [2.24, 2.45) is 0 Å². The van der Waals surface area contributed by atoms with Gasteiger partial charge in [0, 0.05) is 11.8 Å². The van der Waals surface area contributed by atoms with Gasteiger partial charge < -0.3 is 9.84 Å². The Kier molecular flexibility index (Phi) is 2.81. The SMILES string of the molecule is O=C(Nc1ccc(F)cc1)Nc1ccon1. The monoisotopic (exact) mass is 221 g/mol. The fraction of sp³-hybridized carbons (Fsp3) is 0. The van der Waals surface area contributed by atoms with E-state index in [1.807, 2.05) is 0 Å². The first kappa shape index (κ1) is 10.2. The van der Waals surface area contributed by atoms with Gasteiger partial charge in [-0.1, -0.05) is 5.16 Å². The zero-order chi connectivity index (χ0) is 11.4. The van der Waals surface area contributed by atoms with E-state index in [0.29, 0.717) is 11.5 Å². The molecule has 0 saturated carbocycles. The van der Waals surface area contributed by atoms with Gasteiger partial charge in [-0.05, 0) is 24.3 Å². The summed E-state index contributed by atoms with van der Waals surface area (Å²) in [5, 5.41) is 8.45. The number of hydrogen-bond acceptors (Lipinski definition) is 3. The molecule has 0 bridgehead atoms. The number of nitrogens with zero attached hydrogens (tertiary/aromatic N) is 1. The lowest BCUT2D eigenvalue weighted by Crippen LogP contribution is -2.19. The largest absolute Gasteiger partial charge is 0.363 e. The van der Waals surface area contributed by atoms with Crippen molar-refractivity contribution in [3.8, 4) is 0 Å². The number of aromatic nitrogens is 1. The van der Waals surface area contributed by atoms with Crippen molar-refractivity contribution in [2.75, 3.05) is 10.6 Å². The Bertz CT molecular complexity index is 467. The van der Waals surface area contributed by atoms with Crippen LogP contribution in [-0.2, 0) is 0 Å². The maximum atomic E-state index is 12.6. The first-order valence-corrected chi connectivity index (χ1v) is 4.48. The number of amides is 2. The van der Waals surface area contributed by atoms with E-state index in [2.05, 4.69) is 20.3 Å². The second-order valence-electron chi connectivity index (χ2n) is 2.97. The van der Waals surface area contributed by atoms with Crippen molar-refractivity contribution in [2.45, 2.75) is 0 Å². The van der Waals surface area contributed by atoms with Crippen LogP contribution in [-0.4, -0.2) is 11.2 Å². The van der Waals surface area contributed by atoms with Crippen LogP contribution >= 0.6 is 0 Å². The molecule has 1 heterocycles. The first-order chi connectivity index (χ1) is 7.74. The van der Waals surface area contributed by atoms with Crippen LogP contribution in [0.5, 0.6) is 0 Å². The van der Waals surface area contributed by atoms with Crippen molar-refractivity contribution >= 4 is 17.5 Å². The Morgan fingerprint density at radius 3 is 2.56 bits per heavy atom. The van der Waals surface area contributed by atoms with Gasteiger partial charge in [0.05, 0.1) is 0 Å². The van der Waals surface area contributed by atoms with Crippen molar-refractivity contribution in [3.05, 3.63) is 42.4 Å². The maximum absolute atomic E-state index is 12.6. The van der Waals surface area contributed by atoms with Crippen molar-refractivity contribution in [1.29, 1.82) is 0 Å². The molecule has 82 valence electrons. The minimum Gasteiger partial charge on any atom is -0.363 e. The van der Waals surface area contributed by atoms with E-state index < -0.39 is 6.03 Å². The highest BCUT2D eigenvalue weighted by Gasteiger charge is 2.04. The number of urea groups is 1. The third-order valence-electron chi connectivity index (χ3n) is 1.78. The lowest BCUT2D eigenvalue weighted by molar-refractivity contribution is 0.262. The van der Waals surface area contributed by atoms with Gasteiger partial charge in [0.1, 0.15) is 12.1 Å². The third-order valence-corrected chi connectivity index (χ3v) is 1.78. The summed E-state index contributed by atoms with van der Waals surface area (Å²) in [6, 6.07) is 6.46. The highest BCUT2D eigenvalue weighted by atomic mass is 19.1. The molecule has 0 aliphatic carbocycles. The quantitative estimate of drug-likeness (QED) is 0.818. The maximum Gasteiger partial charge on any atom is 0.324 e. The van der Waals surface area contributed by atoms with E-state index in [0.717, 1.165) is 0 Å². The molecular weight excluding hydrogens is 213 g/mol. The Labute approximate surface area is 90.2 Å². The molecule has 0 radical (unpaired) electrons. The van der Waals surface area contributed by atoms with Crippen molar-refractivity contribution < 1.29 is 13.7 Å². The number of anilines is 2. The van der Waals surface area contributed by atoms with Crippen molar-refractivity contribution in [1.82, 2.24) is 5.16 Å². The number of rotatable bonds is 2. The molecule has 0 unspecified atom stereocenters. The summed E-state index contributed by atoms with van der Waals surface area (Å²) < 4.78 is 17.1. The molecule has 1 aromatic heterocycles. The topological polar surface area (TPSA) is 67.2 Å². The average Bonchev–Trinajstić information content (AvgIpc) is 2.74. The molecule has 0 aliphatic heterocycles. The van der Waals surface area contributed by atoms with Crippen molar-refractivity contribution in [3.63, 3.8) is 0 Å². The lowest BCUT2D eigenvalue weighted by Gasteiger charge is -2.04. The van der Waals surface area contributed by atoms with E-state index in [9.17, 15) is 9.18 Å². The summed E-state index contributed by atoms with van der Waals surface area (Å²) in [6.07, 6.45) is 1.34. The minimum absolute atomic E-state index is 0.305. The summed E-state index contributed by atoms with van der Waals surface area (Å²) in [7, 11) is 0. The van der Waals surface area contributed by atoms with Crippen LogP contribution in [0.15, 0.2) is 41.1 Å². The Hall–Kier alpha value is -2.37. The fourth-order valence-electron chi connectivity index (χ4n) is 1.09. The number of carbonyl (C=O) groups excluding carboxylic acids is 1. The number of benzene rings is 1. The average molecular weight is 221 g/mol. The molecule has 6 heteroatoms. The molecule has 0 spiro atoms. The third kappa shape index (κ3) is 2.57. The van der Waals surface area contributed by atoms with E-state index in [-0.39, 0.29) is 5.82 Å². The summed E-state index contributed by atoms with van der Waals surface area (Å²) in [5.41, 5.74) is 0.488. The smallest absolute Gasteiger partial charge is 0.324 e. The Balaban J connectivity index is 1.95. The molecular formula is C10H8FN3O2. The highest BCUT2D eigenvalue weighted by molar-refractivity contribution is 5.98. The number of halogens is 1. The van der Waals surface area contributed by atoms with Crippen LogP contribution in [0.3, 0.4) is 0 Å². The molecule has 0 fully saturated rings. The molecule has 2 N–H and O–H groups in total. The summed E-state index contributed by atoms with van der Waals surface area (Å²) in [4.78, 5) is 11.4. The molecule has 16 heavy (non-hydrogen) atoms. The van der Waals surface area contributed by atoms with E-state index in [4.69, 9.17) is 0 Å². The molecule has 1 aromatic carbocycles. The fourth-order valence-corrected chi connectivity index (χ4v) is 1.09. The molecule has 2 rings (SSSR count). The number of hydrogen-bond donors (Lipinski definition) is 2. The summed E-state index contributed by atoms with van der Waals surface area (Å²) >= 11 is 0. The second-order valence-corrected chi connectivity index (χ2v) is 2.97. The van der Waals surface area contributed by atoms with Gasteiger partial charge in [-0.25, -0.2) is 9.18 Å². The zero-order valence-corrected chi connectivity index (χ0v) is 8.11. The van der Waals surface area contributed by atoms with Gasteiger partial charge in [-0.3, -0.25) is 5.32 Å². The van der Waals surface area contributed by atoms with Gasteiger partial charge in [0.2, 0.25) is 0 Å². The zero-order valence-electron chi connectivity index (χ0n) is 8.11. The van der Waals surface area contributed by atoms with Gasteiger partial charge in [0.25, 0.3) is 0 Å². The van der Waals surface area contributed by atoms with Gasteiger partial charge in [-0.15, -0.1) is 0 Å². The first-order valence-electron chi connectivity index (χ1n) is 4.48. The second kappa shape index (κ2) is 4.43. The lowest BCUT2D eigenvalue weighted by atomic mass is 10.3. The normalized spacial score (nSPS) is 9.81. The predicted octanol–water partition coefficient (Wildman–Crippen LogP) is 2.46. The number of carbonyl (C=O) groups is 1. The van der Waals surface area contributed by atoms with Crippen LogP contribution in [0.25, 0.3) is 0 Å². The molecule has 2 aromatic rings. The Morgan fingerprint density at radius 1 is 1.19 bits per heavy atom. The van der Waals surface area contributed by atoms with Gasteiger partial charge >= 0.3 is 6.03 Å². The standard InChI is InChI=1S/C10H8FN3O2/c11-7-1-3-8(4-2-7)12-10(15)13-9-5-6-16-14-9/h1-6H,(H2,12,13,14,15). The number of nitrogens with one attached hydrogen (secondary N) is 2. The van der Waals surface area contributed by atoms with Crippen LogP contribution in [0.2, 0.25) is 0 Å². The van der Waals surface area contributed by atoms with E-state index >= 15 is 0 Å². The van der Waals surface area contributed by atoms with Crippen LogP contribution in [0.1, 0.15) is 0 Å².